The highest BCUT2D eigenvalue weighted by Gasteiger charge is 2.08. The van der Waals surface area contributed by atoms with Crippen molar-refractivity contribution in [3.63, 3.8) is 0 Å². The Morgan fingerprint density at radius 2 is 1.70 bits per heavy atom. The van der Waals surface area contributed by atoms with Crippen LogP contribution in [0.3, 0.4) is 0 Å². The molecule has 0 aliphatic rings. The topological polar surface area (TPSA) is 59.1 Å². The summed E-state index contributed by atoms with van der Waals surface area (Å²) in [6.45, 7) is 1.92. The number of ketones is 1. The van der Waals surface area contributed by atoms with Gasteiger partial charge in [-0.1, -0.05) is 48.5 Å². The minimum atomic E-state index is -0.216. The standard InChI is InChI=1S/C19H16N2O2/c1-13(22)15-8-6-14(7-9-15)11-21-19(23)18-10-16-4-2-3-5-17(16)12-20-18/h2-10,12H,11H2,1H3,(H,21,23). The first-order chi connectivity index (χ1) is 11.1. The molecule has 0 bridgehead atoms. The van der Waals surface area contributed by atoms with Gasteiger partial charge in [-0.3, -0.25) is 14.6 Å². The molecule has 0 aliphatic heterocycles. The predicted molar refractivity (Wildman–Crippen MR) is 89.4 cm³/mol. The minimum Gasteiger partial charge on any atom is -0.347 e. The van der Waals surface area contributed by atoms with Gasteiger partial charge in [-0.2, -0.15) is 0 Å². The average molecular weight is 304 g/mol. The number of nitrogens with zero attached hydrogens (tertiary/aromatic N) is 1. The van der Waals surface area contributed by atoms with E-state index in [1.54, 1.807) is 24.4 Å². The van der Waals surface area contributed by atoms with Crippen LogP contribution in [-0.4, -0.2) is 16.7 Å². The molecule has 23 heavy (non-hydrogen) atoms. The van der Waals surface area contributed by atoms with Crippen molar-refractivity contribution in [3.05, 3.63) is 77.6 Å². The number of nitrogens with one attached hydrogen (secondary N) is 1. The molecule has 1 heterocycles. The van der Waals surface area contributed by atoms with Crippen LogP contribution in [0.5, 0.6) is 0 Å². The number of pyridine rings is 1. The van der Waals surface area contributed by atoms with E-state index in [1.807, 2.05) is 36.4 Å². The van der Waals surface area contributed by atoms with Gasteiger partial charge in [-0.05, 0) is 23.9 Å². The van der Waals surface area contributed by atoms with Gasteiger partial charge in [-0.15, -0.1) is 0 Å². The van der Waals surface area contributed by atoms with Crippen LogP contribution in [0.15, 0.2) is 60.8 Å². The van der Waals surface area contributed by atoms with Crippen molar-refractivity contribution in [2.24, 2.45) is 0 Å². The highest BCUT2D eigenvalue weighted by Crippen LogP contribution is 2.13. The lowest BCUT2D eigenvalue weighted by Crippen LogP contribution is -2.23. The van der Waals surface area contributed by atoms with Gasteiger partial charge in [0.1, 0.15) is 5.69 Å². The fourth-order valence-electron chi connectivity index (χ4n) is 2.34. The summed E-state index contributed by atoms with van der Waals surface area (Å²) in [7, 11) is 0. The summed E-state index contributed by atoms with van der Waals surface area (Å²) in [5.41, 5.74) is 1.99. The number of hydrogen-bond donors (Lipinski definition) is 1. The van der Waals surface area contributed by atoms with E-state index in [0.29, 0.717) is 17.8 Å². The molecule has 2 aromatic carbocycles. The molecule has 3 rings (SSSR count). The van der Waals surface area contributed by atoms with Gasteiger partial charge < -0.3 is 5.32 Å². The SMILES string of the molecule is CC(=O)c1ccc(CNC(=O)c2cc3ccccc3cn2)cc1. The van der Waals surface area contributed by atoms with Crippen LogP contribution >= 0.6 is 0 Å². The first-order valence-electron chi connectivity index (χ1n) is 7.36. The second kappa shape index (κ2) is 6.40. The van der Waals surface area contributed by atoms with Crippen LogP contribution < -0.4 is 5.32 Å². The summed E-state index contributed by atoms with van der Waals surface area (Å²) in [6.07, 6.45) is 1.70. The van der Waals surface area contributed by atoms with Gasteiger partial charge in [0.25, 0.3) is 5.91 Å². The Morgan fingerprint density at radius 1 is 1.00 bits per heavy atom. The lowest BCUT2D eigenvalue weighted by Gasteiger charge is -2.06. The molecule has 114 valence electrons. The Bertz CT molecular complexity index is 870. The van der Waals surface area contributed by atoms with Crippen molar-refractivity contribution in [1.82, 2.24) is 10.3 Å². The maximum Gasteiger partial charge on any atom is 0.270 e. The number of hydrogen-bond acceptors (Lipinski definition) is 3. The molecular formula is C19H16N2O2. The Labute approximate surface area is 134 Å². The lowest BCUT2D eigenvalue weighted by atomic mass is 10.1. The van der Waals surface area contributed by atoms with E-state index in [4.69, 9.17) is 0 Å². The molecule has 0 aliphatic carbocycles. The Balaban J connectivity index is 1.69. The predicted octanol–water partition coefficient (Wildman–Crippen LogP) is 3.37. The Hall–Kier alpha value is -3.01. The summed E-state index contributed by atoms with van der Waals surface area (Å²) >= 11 is 0. The Morgan fingerprint density at radius 3 is 2.39 bits per heavy atom. The number of aromatic nitrogens is 1. The van der Waals surface area contributed by atoms with Crippen molar-refractivity contribution in [1.29, 1.82) is 0 Å². The van der Waals surface area contributed by atoms with Gasteiger partial charge in [0.2, 0.25) is 0 Å². The van der Waals surface area contributed by atoms with E-state index in [2.05, 4.69) is 10.3 Å². The molecule has 1 amide bonds. The molecule has 4 nitrogen and oxygen atoms in total. The van der Waals surface area contributed by atoms with E-state index in [9.17, 15) is 9.59 Å². The van der Waals surface area contributed by atoms with E-state index in [0.717, 1.165) is 16.3 Å². The molecule has 0 radical (unpaired) electrons. The first-order valence-corrected chi connectivity index (χ1v) is 7.36. The molecular weight excluding hydrogens is 288 g/mol. The highest BCUT2D eigenvalue weighted by atomic mass is 16.1. The second-order valence-electron chi connectivity index (χ2n) is 5.35. The minimum absolute atomic E-state index is 0.0287. The fraction of sp³-hybridized carbons (Fsp3) is 0.105. The molecule has 0 spiro atoms. The van der Waals surface area contributed by atoms with Crippen molar-refractivity contribution >= 4 is 22.5 Å². The molecule has 0 fully saturated rings. The molecule has 0 saturated carbocycles. The quantitative estimate of drug-likeness (QED) is 0.752. The number of Topliss-reactive ketones (excluding diaryl/α,β-unsaturated/α-hetero) is 1. The van der Waals surface area contributed by atoms with Crippen molar-refractivity contribution in [3.8, 4) is 0 Å². The van der Waals surface area contributed by atoms with Gasteiger partial charge in [0.05, 0.1) is 0 Å². The number of fused-ring (bicyclic) bond motifs is 1. The van der Waals surface area contributed by atoms with Crippen LogP contribution in [0.2, 0.25) is 0 Å². The fourth-order valence-corrected chi connectivity index (χ4v) is 2.34. The number of carbonyl (C=O) groups is 2. The number of carbonyl (C=O) groups excluding carboxylic acids is 2. The zero-order valence-electron chi connectivity index (χ0n) is 12.7. The molecule has 3 aromatic rings. The molecule has 1 aromatic heterocycles. The third-order valence-electron chi connectivity index (χ3n) is 3.68. The van der Waals surface area contributed by atoms with Crippen molar-refractivity contribution in [2.75, 3.05) is 0 Å². The summed E-state index contributed by atoms with van der Waals surface area (Å²) in [4.78, 5) is 27.6. The first kappa shape index (κ1) is 14.9. The van der Waals surface area contributed by atoms with Crippen molar-refractivity contribution in [2.45, 2.75) is 13.5 Å². The third-order valence-corrected chi connectivity index (χ3v) is 3.68. The van der Waals surface area contributed by atoms with Gasteiger partial charge in [-0.25, -0.2) is 0 Å². The lowest BCUT2D eigenvalue weighted by molar-refractivity contribution is 0.0945. The monoisotopic (exact) mass is 304 g/mol. The van der Waals surface area contributed by atoms with Gasteiger partial charge in [0, 0.05) is 23.7 Å². The van der Waals surface area contributed by atoms with Crippen LogP contribution in [0, 0.1) is 0 Å². The molecule has 4 heteroatoms. The number of amides is 1. The molecule has 0 unspecified atom stereocenters. The average Bonchev–Trinajstić information content (AvgIpc) is 2.59. The summed E-state index contributed by atoms with van der Waals surface area (Å²) < 4.78 is 0. The third kappa shape index (κ3) is 3.43. The zero-order chi connectivity index (χ0) is 16.2. The summed E-state index contributed by atoms with van der Waals surface area (Å²) in [5.74, 6) is -0.188. The maximum atomic E-state index is 12.2. The van der Waals surface area contributed by atoms with Gasteiger partial charge >= 0.3 is 0 Å². The Kier molecular flexibility index (Phi) is 4.15. The number of benzene rings is 2. The van der Waals surface area contributed by atoms with Crippen molar-refractivity contribution < 1.29 is 9.59 Å². The van der Waals surface area contributed by atoms with E-state index < -0.39 is 0 Å². The van der Waals surface area contributed by atoms with E-state index >= 15 is 0 Å². The second-order valence-corrected chi connectivity index (χ2v) is 5.35. The van der Waals surface area contributed by atoms with E-state index in [1.165, 1.54) is 6.92 Å². The van der Waals surface area contributed by atoms with Crippen LogP contribution in [-0.2, 0) is 6.54 Å². The van der Waals surface area contributed by atoms with Crippen LogP contribution in [0.4, 0.5) is 0 Å². The molecule has 1 N–H and O–H groups in total. The largest absolute Gasteiger partial charge is 0.347 e. The highest BCUT2D eigenvalue weighted by molar-refractivity contribution is 5.96. The van der Waals surface area contributed by atoms with Crippen LogP contribution in [0.1, 0.15) is 33.3 Å². The smallest absolute Gasteiger partial charge is 0.270 e. The summed E-state index contributed by atoms with van der Waals surface area (Å²) in [6, 6.07) is 16.8. The summed E-state index contributed by atoms with van der Waals surface area (Å²) in [5, 5.41) is 4.83. The van der Waals surface area contributed by atoms with Crippen LogP contribution in [0.25, 0.3) is 10.8 Å². The molecule has 0 atom stereocenters. The molecule has 0 saturated heterocycles. The normalized spacial score (nSPS) is 10.5. The zero-order valence-corrected chi connectivity index (χ0v) is 12.7. The van der Waals surface area contributed by atoms with Gasteiger partial charge in [0.15, 0.2) is 5.78 Å². The van der Waals surface area contributed by atoms with E-state index in [-0.39, 0.29) is 11.7 Å². The number of rotatable bonds is 4. The maximum absolute atomic E-state index is 12.2.